The Morgan fingerprint density at radius 2 is 1.96 bits per heavy atom. The number of aliphatic hydroxyl groups excluding tert-OH is 1. The third-order valence-electron chi connectivity index (χ3n) is 5.82. The van der Waals surface area contributed by atoms with E-state index in [2.05, 4.69) is 53.4 Å². The summed E-state index contributed by atoms with van der Waals surface area (Å²) in [4.78, 5) is 4.63. The van der Waals surface area contributed by atoms with Crippen molar-refractivity contribution in [3.63, 3.8) is 0 Å². The van der Waals surface area contributed by atoms with Crippen molar-refractivity contribution in [3.8, 4) is 0 Å². The summed E-state index contributed by atoms with van der Waals surface area (Å²) < 4.78 is 0. The van der Waals surface area contributed by atoms with Gasteiger partial charge in [-0.2, -0.15) is 0 Å². The highest BCUT2D eigenvalue weighted by molar-refractivity contribution is 5.58. The van der Waals surface area contributed by atoms with E-state index in [9.17, 15) is 5.11 Å². The van der Waals surface area contributed by atoms with Crippen molar-refractivity contribution in [3.05, 3.63) is 29.8 Å². The van der Waals surface area contributed by atoms with E-state index in [-0.39, 0.29) is 0 Å². The molecule has 1 fully saturated rings. The van der Waals surface area contributed by atoms with Gasteiger partial charge in [-0.25, -0.2) is 0 Å². The van der Waals surface area contributed by atoms with Crippen LogP contribution in [0.2, 0.25) is 0 Å². The van der Waals surface area contributed by atoms with Crippen LogP contribution in [-0.4, -0.2) is 49.0 Å². The van der Waals surface area contributed by atoms with E-state index < -0.39 is 6.23 Å². The first kappa shape index (κ1) is 17.7. The number of piperidine rings is 1. The Kier molecular flexibility index (Phi) is 5.80. The van der Waals surface area contributed by atoms with Gasteiger partial charge in [0.05, 0.1) is 0 Å². The molecule has 3 unspecified atom stereocenters. The molecule has 3 atom stereocenters. The Morgan fingerprint density at radius 1 is 1.25 bits per heavy atom. The molecule has 3 rings (SSSR count). The molecule has 2 aliphatic heterocycles. The number of fused-ring (bicyclic) bond motifs is 1. The van der Waals surface area contributed by atoms with Gasteiger partial charge in [-0.05, 0) is 76.8 Å². The maximum absolute atomic E-state index is 10.4. The van der Waals surface area contributed by atoms with Crippen molar-refractivity contribution in [2.75, 3.05) is 31.6 Å². The fourth-order valence-corrected chi connectivity index (χ4v) is 4.26. The maximum atomic E-state index is 10.4. The lowest BCUT2D eigenvalue weighted by atomic mass is 9.90. The predicted molar refractivity (Wildman–Crippen MR) is 100 cm³/mol. The number of hydrogen-bond donors (Lipinski definition) is 2. The summed E-state index contributed by atoms with van der Waals surface area (Å²) in [6.45, 7) is 7.83. The second-order valence-corrected chi connectivity index (χ2v) is 7.65. The number of likely N-dealkylation sites (tertiary alicyclic amines) is 1. The second kappa shape index (κ2) is 7.85. The van der Waals surface area contributed by atoms with Gasteiger partial charge in [0, 0.05) is 17.8 Å². The van der Waals surface area contributed by atoms with Crippen LogP contribution in [-0.2, 0) is 0 Å². The molecule has 1 aromatic carbocycles. The molecule has 4 nitrogen and oxygen atoms in total. The van der Waals surface area contributed by atoms with Gasteiger partial charge < -0.3 is 20.2 Å². The van der Waals surface area contributed by atoms with E-state index >= 15 is 0 Å². The molecule has 1 aromatic rings. The number of hydrogen-bond acceptors (Lipinski definition) is 4. The van der Waals surface area contributed by atoms with E-state index in [0.29, 0.717) is 12.1 Å². The van der Waals surface area contributed by atoms with E-state index in [0.717, 1.165) is 25.3 Å². The quantitative estimate of drug-likeness (QED) is 0.870. The maximum Gasteiger partial charge on any atom is 0.126 e. The van der Waals surface area contributed by atoms with Crippen molar-refractivity contribution in [1.82, 2.24) is 10.2 Å². The predicted octanol–water partition coefficient (Wildman–Crippen LogP) is 2.99. The number of para-hydroxylation sites is 1. The summed E-state index contributed by atoms with van der Waals surface area (Å²) in [5.74, 6) is 0.794. The Balaban J connectivity index is 1.70. The van der Waals surface area contributed by atoms with E-state index in [1.54, 1.807) is 0 Å². The first-order valence-corrected chi connectivity index (χ1v) is 9.57. The van der Waals surface area contributed by atoms with E-state index in [4.69, 9.17) is 0 Å². The van der Waals surface area contributed by atoms with Crippen LogP contribution < -0.4 is 10.2 Å². The summed E-state index contributed by atoms with van der Waals surface area (Å²) in [6, 6.07) is 9.34. The largest absolute Gasteiger partial charge is 0.374 e. The summed E-state index contributed by atoms with van der Waals surface area (Å²) in [5, 5.41) is 14.3. The summed E-state index contributed by atoms with van der Waals surface area (Å²) >= 11 is 0. The zero-order chi connectivity index (χ0) is 17.1. The smallest absolute Gasteiger partial charge is 0.126 e. The Labute approximate surface area is 146 Å². The third kappa shape index (κ3) is 3.76. The van der Waals surface area contributed by atoms with Crippen LogP contribution in [0.25, 0.3) is 0 Å². The molecule has 2 heterocycles. The molecule has 0 aromatic heterocycles. The van der Waals surface area contributed by atoms with Gasteiger partial charge in [0.15, 0.2) is 0 Å². The Bertz CT molecular complexity index is 527. The highest BCUT2D eigenvalue weighted by Gasteiger charge is 2.32. The average Bonchev–Trinajstić information content (AvgIpc) is 2.60. The standard InChI is InChI=1S/C20H33N3O/c1-4-20(24)23-15(2)13-18(17-7-5-6-8-19(17)23)21-14-16-9-11-22(3)12-10-16/h5-8,15-16,18,20-21,24H,4,9-14H2,1-3H3. The minimum Gasteiger partial charge on any atom is -0.374 e. The molecule has 0 radical (unpaired) electrons. The van der Waals surface area contributed by atoms with Crippen molar-refractivity contribution in [2.45, 2.75) is 57.8 Å². The van der Waals surface area contributed by atoms with Crippen LogP contribution in [0.5, 0.6) is 0 Å². The van der Waals surface area contributed by atoms with Crippen LogP contribution in [0.4, 0.5) is 5.69 Å². The Hall–Kier alpha value is -1.10. The summed E-state index contributed by atoms with van der Waals surface area (Å²) in [5.41, 5.74) is 2.54. The van der Waals surface area contributed by atoms with Crippen molar-refractivity contribution >= 4 is 5.69 Å². The van der Waals surface area contributed by atoms with Gasteiger partial charge in [0.1, 0.15) is 6.23 Å². The zero-order valence-electron chi connectivity index (χ0n) is 15.4. The molecule has 24 heavy (non-hydrogen) atoms. The molecule has 134 valence electrons. The molecule has 0 spiro atoms. The molecule has 4 heteroatoms. The first-order valence-electron chi connectivity index (χ1n) is 9.57. The SMILES string of the molecule is CCC(O)N1c2ccccc2C(NCC2CCN(C)CC2)CC1C. The molecule has 0 amide bonds. The Morgan fingerprint density at radius 3 is 2.67 bits per heavy atom. The lowest BCUT2D eigenvalue weighted by Gasteiger charge is -2.44. The van der Waals surface area contributed by atoms with E-state index in [1.165, 1.54) is 37.2 Å². The van der Waals surface area contributed by atoms with Crippen LogP contribution in [0.3, 0.4) is 0 Å². The molecule has 0 saturated carbocycles. The number of nitrogens with one attached hydrogen (secondary N) is 1. The molecule has 1 saturated heterocycles. The third-order valence-corrected chi connectivity index (χ3v) is 5.82. The minimum absolute atomic E-state index is 0.352. The van der Waals surface area contributed by atoms with Crippen LogP contribution in [0, 0.1) is 5.92 Å². The number of nitrogens with zero attached hydrogens (tertiary/aromatic N) is 2. The van der Waals surface area contributed by atoms with Crippen LogP contribution in [0.15, 0.2) is 24.3 Å². The van der Waals surface area contributed by atoms with Gasteiger partial charge in [-0.15, -0.1) is 0 Å². The van der Waals surface area contributed by atoms with Gasteiger partial charge in [0.25, 0.3) is 0 Å². The fraction of sp³-hybridized carbons (Fsp3) is 0.700. The van der Waals surface area contributed by atoms with Gasteiger partial charge in [-0.1, -0.05) is 25.1 Å². The number of aliphatic hydroxyl groups is 1. The van der Waals surface area contributed by atoms with Gasteiger partial charge in [-0.3, -0.25) is 0 Å². The fourth-order valence-electron chi connectivity index (χ4n) is 4.26. The van der Waals surface area contributed by atoms with Crippen molar-refractivity contribution in [1.29, 1.82) is 0 Å². The normalized spacial score (nSPS) is 27.1. The average molecular weight is 332 g/mol. The topological polar surface area (TPSA) is 38.7 Å². The van der Waals surface area contributed by atoms with E-state index in [1.807, 2.05) is 6.92 Å². The lowest BCUT2D eigenvalue weighted by Crippen LogP contribution is -2.48. The van der Waals surface area contributed by atoms with Crippen molar-refractivity contribution in [2.24, 2.45) is 5.92 Å². The number of anilines is 1. The van der Waals surface area contributed by atoms with Gasteiger partial charge >= 0.3 is 0 Å². The minimum atomic E-state index is -0.393. The molecule has 0 bridgehead atoms. The van der Waals surface area contributed by atoms with Crippen molar-refractivity contribution < 1.29 is 5.11 Å². The highest BCUT2D eigenvalue weighted by Crippen LogP contribution is 2.38. The summed E-state index contributed by atoms with van der Waals surface area (Å²) in [6.07, 6.45) is 4.02. The first-order chi connectivity index (χ1) is 11.6. The van der Waals surface area contributed by atoms with Crippen LogP contribution in [0.1, 0.15) is 51.1 Å². The van der Waals surface area contributed by atoms with Gasteiger partial charge in [0.2, 0.25) is 0 Å². The number of benzene rings is 1. The monoisotopic (exact) mass is 331 g/mol. The summed E-state index contributed by atoms with van der Waals surface area (Å²) in [7, 11) is 2.22. The van der Waals surface area contributed by atoms with Crippen LogP contribution >= 0.6 is 0 Å². The second-order valence-electron chi connectivity index (χ2n) is 7.65. The molecular weight excluding hydrogens is 298 g/mol. The zero-order valence-corrected chi connectivity index (χ0v) is 15.4. The molecule has 2 aliphatic rings. The lowest BCUT2D eigenvalue weighted by molar-refractivity contribution is 0.147. The highest BCUT2D eigenvalue weighted by atomic mass is 16.3. The molecule has 2 N–H and O–H groups in total. The number of rotatable bonds is 5. The molecule has 0 aliphatic carbocycles. The molecular formula is C20H33N3O.